The molecule has 1 atom stereocenters. The predicted molar refractivity (Wildman–Crippen MR) is 93.8 cm³/mol. The molecule has 0 aliphatic rings. The number of aromatic amines is 1. The number of benzene rings is 1. The lowest BCUT2D eigenvalue weighted by molar-refractivity contribution is -0.144. The van der Waals surface area contributed by atoms with E-state index in [-0.39, 0.29) is 18.4 Å². The molecular formula is C16H16N2O4S2. The number of aromatic nitrogens is 2. The summed E-state index contributed by atoms with van der Waals surface area (Å²) in [7, 11) is 0. The van der Waals surface area contributed by atoms with Crippen LogP contribution in [0.15, 0.2) is 34.7 Å². The second-order valence-corrected chi connectivity index (χ2v) is 7.32. The number of aromatic hydroxyl groups is 2. The molecule has 8 heteroatoms. The third-order valence-corrected chi connectivity index (χ3v) is 5.68. The highest BCUT2D eigenvalue weighted by Gasteiger charge is 2.27. The van der Waals surface area contributed by atoms with Crippen molar-refractivity contribution in [2.75, 3.05) is 12.4 Å². The molecule has 2 heterocycles. The van der Waals surface area contributed by atoms with Crippen molar-refractivity contribution in [2.24, 2.45) is 0 Å². The van der Waals surface area contributed by atoms with Crippen LogP contribution in [0.1, 0.15) is 18.4 Å². The molecule has 0 amide bonds. The van der Waals surface area contributed by atoms with Crippen LogP contribution in [0.5, 0.6) is 11.8 Å². The van der Waals surface area contributed by atoms with Gasteiger partial charge in [-0.25, -0.2) is 4.98 Å². The maximum Gasteiger partial charge on any atom is 0.314 e. The monoisotopic (exact) mass is 364 g/mol. The lowest BCUT2D eigenvalue weighted by Gasteiger charge is -2.13. The van der Waals surface area contributed by atoms with E-state index < -0.39 is 11.9 Å². The molecule has 3 N–H and O–H groups in total. The number of nitrogens with one attached hydrogen (secondary N) is 1. The molecule has 0 saturated heterocycles. The average molecular weight is 364 g/mol. The van der Waals surface area contributed by atoms with Gasteiger partial charge in [0.1, 0.15) is 0 Å². The Kier molecular flexibility index (Phi) is 4.96. The fourth-order valence-electron chi connectivity index (χ4n) is 2.31. The van der Waals surface area contributed by atoms with E-state index >= 15 is 0 Å². The summed E-state index contributed by atoms with van der Waals surface area (Å²) in [5.41, 5.74) is 1.24. The van der Waals surface area contributed by atoms with Crippen LogP contribution in [0.3, 0.4) is 0 Å². The summed E-state index contributed by atoms with van der Waals surface area (Å²) < 4.78 is 7.01. The van der Waals surface area contributed by atoms with E-state index in [1.54, 1.807) is 18.3 Å². The Morgan fingerprint density at radius 1 is 1.42 bits per heavy atom. The normalized spacial score (nSPS) is 12.4. The predicted octanol–water partition coefficient (Wildman–Crippen LogP) is 3.47. The Morgan fingerprint density at radius 3 is 2.88 bits per heavy atom. The zero-order chi connectivity index (χ0) is 17.1. The van der Waals surface area contributed by atoms with Gasteiger partial charge in [0.15, 0.2) is 16.1 Å². The fourth-order valence-corrected chi connectivity index (χ4v) is 4.50. The summed E-state index contributed by atoms with van der Waals surface area (Å²) >= 11 is 2.97. The molecule has 1 unspecified atom stereocenters. The van der Waals surface area contributed by atoms with Gasteiger partial charge in [0.25, 0.3) is 0 Å². The van der Waals surface area contributed by atoms with Crippen molar-refractivity contribution in [2.45, 2.75) is 17.2 Å². The molecule has 126 valence electrons. The van der Waals surface area contributed by atoms with E-state index in [1.165, 1.54) is 17.8 Å². The van der Waals surface area contributed by atoms with Gasteiger partial charge >= 0.3 is 5.97 Å². The first-order valence-corrected chi connectivity index (χ1v) is 9.14. The quantitative estimate of drug-likeness (QED) is 0.458. The number of esters is 1. The number of para-hydroxylation sites is 1. The van der Waals surface area contributed by atoms with Gasteiger partial charge in [0.05, 0.1) is 22.7 Å². The number of rotatable bonds is 6. The van der Waals surface area contributed by atoms with Crippen molar-refractivity contribution in [1.29, 1.82) is 0 Å². The van der Waals surface area contributed by atoms with Gasteiger partial charge in [0, 0.05) is 17.4 Å². The Labute approximate surface area is 146 Å². The van der Waals surface area contributed by atoms with Crippen LogP contribution in [0, 0.1) is 0 Å². The largest absolute Gasteiger partial charge is 0.495 e. The third-order valence-electron chi connectivity index (χ3n) is 3.41. The number of fused-ring (bicyclic) bond motifs is 1. The van der Waals surface area contributed by atoms with Crippen molar-refractivity contribution in [3.8, 4) is 11.8 Å². The van der Waals surface area contributed by atoms with E-state index in [1.807, 2.05) is 24.3 Å². The highest BCUT2D eigenvalue weighted by Crippen LogP contribution is 2.36. The van der Waals surface area contributed by atoms with E-state index in [4.69, 9.17) is 4.74 Å². The maximum atomic E-state index is 12.2. The van der Waals surface area contributed by atoms with Crippen LogP contribution in [-0.2, 0) is 9.53 Å². The van der Waals surface area contributed by atoms with Crippen LogP contribution in [-0.4, -0.2) is 38.5 Å². The van der Waals surface area contributed by atoms with Crippen molar-refractivity contribution in [1.82, 2.24) is 9.97 Å². The highest BCUT2D eigenvalue weighted by molar-refractivity contribution is 8.01. The lowest BCUT2D eigenvalue weighted by Crippen LogP contribution is -2.18. The molecule has 3 aromatic rings. The van der Waals surface area contributed by atoms with Crippen molar-refractivity contribution in [3.05, 3.63) is 35.9 Å². The average Bonchev–Trinajstić information content (AvgIpc) is 3.10. The van der Waals surface area contributed by atoms with Crippen LogP contribution in [0.25, 0.3) is 10.2 Å². The first-order chi connectivity index (χ1) is 11.6. The Morgan fingerprint density at radius 2 is 2.21 bits per heavy atom. The van der Waals surface area contributed by atoms with Gasteiger partial charge in [-0.05, 0) is 19.1 Å². The fraction of sp³-hybridized carbons (Fsp3) is 0.250. The number of nitrogens with zero attached hydrogens (tertiary/aromatic N) is 1. The van der Waals surface area contributed by atoms with E-state index in [9.17, 15) is 15.0 Å². The van der Waals surface area contributed by atoms with Crippen molar-refractivity contribution < 1.29 is 19.7 Å². The number of thioether (sulfide) groups is 1. The highest BCUT2D eigenvalue weighted by atomic mass is 32.2. The first-order valence-electron chi connectivity index (χ1n) is 7.34. The first kappa shape index (κ1) is 16.7. The standard InChI is InChI=1S/C16H16N2O4S2/c1-2-22-15(21)10(9-7-13(19)18-14(9)20)8-23-16-17-11-5-3-4-6-12(11)24-16/h3-7,10,18-20H,2,8H2,1H3. The molecule has 0 bridgehead atoms. The summed E-state index contributed by atoms with van der Waals surface area (Å²) in [6, 6.07) is 9.16. The molecule has 0 radical (unpaired) electrons. The second kappa shape index (κ2) is 7.14. The number of carbonyl (C=O) groups is 1. The molecule has 1 aromatic carbocycles. The van der Waals surface area contributed by atoms with Gasteiger partial charge in [-0.15, -0.1) is 11.3 Å². The summed E-state index contributed by atoms with van der Waals surface area (Å²) in [5.74, 6) is -1.21. The van der Waals surface area contributed by atoms with E-state index in [2.05, 4.69) is 9.97 Å². The van der Waals surface area contributed by atoms with Crippen LogP contribution in [0.4, 0.5) is 0 Å². The van der Waals surface area contributed by atoms with Gasteiger partial charge < -0.3 is 14.9 Å². The second-order valence-electron chi connectivity index (χ2n) is 5.02. The zero-order valence-electron chi connectivity index (χ0n) is 12.9. The Balaban J connectivity index is 1.81. The molecule has 0 saturated carbocycles. The topological polar surface area (TPSA) is 95.4 Å². The number of hydrogen-bond donors (Lipinski definition) is 3. The number of ether oxygens (including phenoxy) is 1. The Bertz CT molecular complexity index is 826. The summed E-state index contributed by atoms with van der Waals surface area (Å²) in [6.07, 6.45) is 0. The van der Waals surface area contributed by atoms with Gasteiger partial charge in [-0.3, -0.25) is 9.78 Å². The minimum atomic E-state index is -0.695. The van der Waals surface area contributed by atoms with E-state index in [0.717, 1.165) is 14.6 Å². The third kappa shape index (κ3) is 3.49. The van der Waals surface area contributed by atoms with Gasteiger partial charge in [0.2, 0.25) is 0 Å². The number of H-pyrrole nitrogens is 1. The molecule has 6 nitrogen and oxygen atoms in total. The van der Waals surface area contributed by atoms with Crippen molar-refractivity contribution in [3.63, 3.8) is 0 Å². The molecule has 0 aliphatic carbocycles. The van der Waals surface area contributed by atoms with Crippen LogP contribution >= 0.6 is 23.1 Å². The van der Waals surface area contributed by atoms with E-state index in [0.29, 0.717) is 11.3 Å². The summed E-state index contributed by atoms with van der Waals surface area (Å²) in [5, 5.41) is 19.4. The summed E-state index contributed by atoms with van der Waals surface area (Å²) in [6.45, 7) is 1.97. The van der Waals surface area contributed by atoms with Crippen LogP contribution in [0.2, 0.25) is 0 Å². The SMILES string of the molecule is CCOC(=O)C(CSc1nc2ccccc2s1)c1cc(O)[nH]c1O. The molecule has 2 aromatic heterocycles. The maximum absolute atomic E-state index is 12.2. The molecule has 0 fully saturated rings. The van der Waals surface area contributed by atoms with Gasteiger partial charge in [-0.1, -0.05) is 23.9 Å². The minimum absolute atomic E-state index is 0.193. The molecule has 3 rings (SSSR count). The molecule has 24 heavy (non-hydrogen) atoms. The smallest absolute Gasteiger partial charge is 0.314 e. The molecule has 0 spiro atoms. The van der Waals surface area contributed by atoms with Crippen LogP contribution < -0.4 is 0 Å². The number of hydrogen-bond acceptors (Lipinski definition) is 7. The van der Waals surface area contributed by atoms with Gasteiger partial charge in [-0.2, -0.15) is 0 Å². The Hall–Kier alpha value is -2.19. The molecular weight excluding hydrogens is 348 g/mol. The minimum Gasteiger partial charge on any atom is -0.495 e. The van der Waals surface area contributed by atoms with Crippen molar-refractivity contribution >= 4 is 39.3 Å². The number of carbonyl (C=O) groups excluding carboxylic acids is 1. The zero-order valence-corrected chi connectivity index (χ0v) is 14.5. The number of thiazole rings is 1. The lowest BCUT2D eigenvalue weighted by atomic mass is 10.0. The molecule has 0 aliphatic heterocycles. The summed E-state index contributed by atoms with van der Waals surface area (Å²) in [4.78, 5) is 19.1.